The Kier molecular flexibility index (Phi) is 4.94. The topological polar surface area (TPSA) is 64.8 Å². The van der Waals surface area contributed by atoms with Crippen molar-refractivity contribution in [2.24, 2.45) is 5.92 Å². The summed E-state index contributed by atoms with van der Waals surface area (Å²) in [5, 5.41) is 13.2. The van der Waals surface area contributed by atoms with Crippen LogP contribution in [0.25, 0.3) is 10.9 Å². The molecule has 0 spiro atoms. The molecule has 0 aliphatic carbocycles. The Hall–Kier alpha value is -2.35. The molecule has 5 nitrogen and oxygen atoms in total. The van der Waals surface area contributed by atoms with Crippen molar-refractivity contribution in [3.8, 4) is 6.07 Å². The minimum Gasteiger partial charge on any atom is -0.355 e. The number of nitriles is 1. The normalized spacial score (nSPS) is 11.9. The number of rotatable bonds is 6. The number of anilines is 2. The van der Waals surface area contributed by atoms with E-state index in [1.54, 1.807) is 0 Å². The standard InChI is InChI=1S/C16H21N5/c1-4-18-16-19-14-9-7-6-8-13(14)15(20-16)21(5-2)11-12(3)10-17/h6-9,12H,4-5,11H2,1-3H3,(H,18,19,20). The van der Waals surface area contributed by atoms with Crippen LogP contribution in [0.3, 0.4) is 0 Å². The third-order valence-electron chi connectivity index (χ3n) is 3.31. The van der Waals surface area contributed by atoms with Gasteiger partial charge in [0.25, 0.3) is 0 Å². The molecule has 5 heteroatoms. The second-order valence-corrected chi connectivity index (χ2v) is 4.99. The number of nitrogens with one attached hydrogen (secondary N) is 1. The van der Waals surface area contributed by atoms with Crippen molar-refractivity contribution in [2.75, 3.05) is 29.9 Å². The Balaban J connectivity index is 2.51. The Bertz CT molecular complexity index is 647. The van der Waals surface area contributed by atoms with Gasteiger partial charge in [-0.05, 0) is 32.9 Å². The second kappa shape index (κ2) is 6.89. The first-order valence-electron chi connectivity index (χ1n) is 7.34. The van der Waals surface area contributed by atoms with Crippen LogP contribution in [0.2, 0.25) is 0 Å². The molecule has 0 aliphatic heterocycles. The van der Waals surface area contributed by atoms with Crippen LogP contribution in [-0.4, -0.2) is 29.6 Å². The minimum absolute atomic E-state index is 0.0405. The van der Waals surface area contributed by atoms with E-state index < -0.39 is 0 Å². The Labute approximate surface area is 125 Å². The average Bonchev–Trinajstić information content (AvgIpc) is 2.52. The summed E-state index contributed by atoms with van der Waals surface area (Å²) in [6, 6.07) is 10.3. The van der Waals surface area contributed by atoms with Crippen molar-refractivity contribution in [1.82, 2.24) is 9.97 Å². The summed E-state index contributed by atoms with van der Waals surface area (Å²) in [7, 11) is 0. The Morgan fingerprint density at radius 3 is 2.71 bits per heavy atom. The van der Waals surface area contributed by atoms with Crippen LogP contribution in [0.5, 0.6) is 0 Å². The fourth-order valence-corrected chi connectivity index (χ4v) is 2.27. The van der Waals surface area contributed by atoms with E-state index in [-0.39, 0.29) is 5.92 Å². The summed E-state index contributed by atoms with van der Waals surface area (Å²) in [4.78, 5) is 11.3. The number of benzene rings is 1. The van der Waals surface area contributed by atoms with E-state index in [4.69, 9.17) is 5.26 Å². The van der Waals surface area contributed by atoms with Crippen LogP contribution in [0.15, 0.2) is 24.3 Å². The molecular weight excluding hydrogens is 262 g/mol. The zero-order valence-corrected chi connectivity index (χ0v) is 12.8. The van der Waals surface area contributed by atoms with Crippen molar-refractivity contribution >= 4 is 22.7 Å². The third-order valence-corrected chi connectivity index (χ3v) is 3.31. The summed E-state index contributed by atoms with van der Waals surface area (Å²) in [6.45, 7) is 8.27. The van der Waals surface area contributed by atoms with Gasteiger partial charge in [-0.2, -0.15) is 10.2 Å². The number of para-hydroxylation sites is 1. The van der Waals surface area contributed by atoms with Gasteiger partial charge in [-0.25, -0.2) is 4.98 Å². The summed E-state index contributed by atoms with van der Waals surface area (Å²) in [6.07, 6.45) is 0. The number of nitrogens with zero attached hydrogens (tertiary/aromatic N) is 4. The molecule has 0 bridgehead atoms. The predicted octanol–water partition coefficient (Wildman–Crippen LogP) is 3.05. The number of aromatic nitrogens is 2. The highest BCUT2D eigenvalue weighted by Crippen LogP contribution is 2.25. The number of fused-ring (bicyclic) bond motifs is 1. The van der Waals surface area contributed by atoms with Gasteiger partial charge in [0.2, 0.25) is 5.95 Å². The molecule has 1 heterocycles. The van der Waals surface area contributed by atoms with Crippen molar-refractivity contribution in [1.29, 1.82) is 5.26 Å². The van der Waals surface area contributed by atoms with Crippen LogP contribution in [0.4, 0.5) is 11.8 Å². The molecule has 1 N–H and O–H groups in total. The Morgan fingerprint density at radius 1 is 1.29 bits per heavy atom. The highest BCUT2D eigenvalue weighted by molar-refractivity contribution is 5.90. The molecule has 1 aromatic carbocycles. The van der Waals surface area contributed by atoms with Gasteiger partial charge in [0.15, 0.2) is 0 Å². The van der Waals surface area contributed by atoms with Crippen molar-refractivity contribution < 1.29 is 0 Å². The lowest BCUT2D eigenvalue weighted by Gasteiger charge is -2.24. The summed E-state index contributed by atoms with van der Waals surface area (Å²) in [5.74, 6) is 1.48. The fourth-order valence-electron chi connectivity index (χ4n) is 2.27. The highest BCUT2D eigenvalue weighted by Gasteiger charge is 2.15. The lowest BCUT2D eigenvalue weighted by atomic mass is 10.1. The van der Waals surface area contributed by atoms with E-state index >= 15 is 0 Å². The minimum atomic E-state index is -0.0405. The van der Waals surface area contributed by atoms with E-state index in [0.29, 0.717) is 12.5 Å². The summed E-state index contributed by atoms with van der Waals surface area (Å²) < 4.78 is 0. The molecule has 0 saturated heterocycles. The SMILES string of the molecule is CCNc1nc(N(CC)CC(C)C#N)c2ccccc2n1. The van der Waals surface area contributed by atoms with Gasteiger partial charge in [-0.1, -0.05) is 12.1 Å². The molecule has 0 aliphatic rings. The van der Waals surface area contributed by atoms with Gasteiger partial charge in [0.05, 0.1) is 17.5 Å². The first kappa shape index (κ1) is 15.0. The number of hydrogen-bond donors (Lipinski definition) is 1. The smallest absolute Gasteiger partial charge is 0.225 e. The molecule has 110 valence electrons. The second-order valence-electron chi connectivity index (χ2n) is 4.99. The van der Waals surface area contributed by atoms with Crippen LogP contribution in [-0.2, 0) is 0 Å². The molecular formula is C16H21N5. The first-order chi connectivity index (χ1) is 10.2. The van der Waals surface area contributed by atoms with Gasteiger partial charge in [-0.3, -0.25) is 0 Å². The van der Waals surface area contributed by atoms with E-state index in [1.165, 1.54) is 0 Å². The lowest BCUT2D eigenvalue weighted by molar-refractivity contribution is 0.681. The van der Waals surface area contributed by atoms with Crippen molar-refractivity contribution in [3.05, 3.63) is 24.3 Å². The zero-order valence-electron chi connectivity index (χ0n) is 12.8. The van der Waals surface area contributed by atoms with E-state index in [0.717, 1.165) is 29.8 Å². The largest absolute Gasteiger partial charge is 0.355 e. The molecule has 1 unspecified atom stereocenters. The molecule has 0 fully saturated rings. The zero-order chi connectivity index (χ0) is 15.2. The molecule has 1 aromatic heterocycles. The van der Waals surface area contributed by atoms with Gasteiger partial charge in [0, 0.05) is 25.0 Å². The Morgan fingerprint density at radius 2 is 2.05 bits per heavy atom. The third kappa shape index (κ3) is 3.40. The van der Waals surface area contributed by atoms with Gasteiger partial charge in [-0.15, -0.1) is 0 Å². The van der Waals surface area contributed by atoms with Crippen LogP contribution in [0, 0.1) is 17.2 Å². The van der Waals surface area contributed by atoms with Crippen LogP contribution < -0.4 is 10.2 Å². The maximum absolute atomic E-state index is 9.06. The van der Waals surface area contributed by atoms with E-state index in [1.807, 2.05) is 38.1 Å². The van der Waals surface area contributed by atoms with Crippen LogP contribution in [0.1, 0.15) is 20.8 Å². The van der Waals surface area contributed by atoms with E-state index in [2.05, 4.69) is 33.2 Å². The molecule has 1 atom stereocenters. The molecule has 2 aromatic rings. The molecule has 0 saturated carbocycles. The van der Waals surface area contributed by atoms with E-state index in [9.17, 15) is 0 Å². The molecule has 0 amide bonds. The first-order valence-corrected chi connectivity index (χ1v) is 7.34. The average molecular weight is 283 g/mol. The van der Waals surface area contributed by atoms with Gasteiger partial charge in [0.1, 0.15) is 5.82 Å². The predicted molar refractivity (Wildman–Crippen MR) is 86.4 cm³/mol. The highest BCUT2D eigenvalue weighted by atomic mass is 15.2. The fraction of sp³-hybridized carbons (Fsp3) is 0.438. The summed E-state index contributed by atoms with van der Waals surface area (Å²) in [5.41, 5.74) is 0.918. The van der Waals surface area contributed by atoms with Crippen LogP contribution >= 0.6 is 0 Å². The summed E-state index contributed by atoms with van der Waals surface area (Å²) >= 11 is 0. The van der Waals surface area contributed by atoms with Crippen molar-refractivity contribution in [3.63, 3.8) is 0 Å². The maximum atomic E-state index is 9.06. The molecule has 21 heavy (non-hydrogen) atoms. The molecule has 2 rings (SSSR count). The monoisotopic (exact) mass is 283 g/mol. The molecule has 0 radical (unpaired) electrons. The maximum Gasteiger partial charge on any atom is 0.225 e. The lowest BCUT2D eigenvalue weighted by Crippen LogP contribution is -2.29. The van der Waals surface area contributed by atoms with Crippen molar-refractivity contribution in [2.45, 2.75) is 20.8 Å². The van der Waals surface area contributed by atoms with Gasteiger partial charge < -0.3 is 10.2 Å². The van der Waals surface area contributed by atoms with Gasteiger partial charge >= 0.3 is 0 Å². The quantitative estimate of drug-likeness (QED) is 0.882. The number of hydrogen-bond acceptors (Lipinski definition) is 5.